The molecule has 1 heterocycles. The van der Waals surface area contributed by atoms with Crippen molar-refractivity contribution in [2.45, 2.75) is 4.90 Å². The highest BCUT2D eigenvalue weighted by molar-refractivity contribution is 7.86. The molecule has 134 valence electrons. The molecule has 0 unspecified atom stereocenters. The van der Waals surface area contributed by atoms with Crippen LogP contribution < -0.4 is 0 Å². The molecule has 3 aromatic carbocycles. The zero-order chi connectivity index (χ0) is 18.9. The fraction of sp³-hybridized carbons (Fsp3) is 0. The van der Waals surface area contributed by atoms with Crippen molar-refractivity contribution in [2.75, 3.05) is 0 Å². The average molecular weight is 378 g/mol. The van der Waals surface area contributed by atoms with E-state index >= 15 is 0 Å². The SMILES string of the molecule is O=S(=O)(F)c1c(-c2ccccc2)nn(-c2ccccc2)c1-c1ccccc1. The lowest BCUT2D eigenvalue weighted by molar-refractivity contribution is 0.553. The zero-order valence-corrected chi connectivity index (χ0v) is 15.0. The Morgan fingerprint density at radius 2 is 1.19 bits per heavy atom. The molecule has 0 fully saturated rings. The van der Waals surface area contributed by atoms with Crippen LogP contribution in [0.15, 0.2) is 95.9 Å². The lowest BCUT2D eigenvalue weighted by Crippen LogP contribution is -2.01. The Morgan fingerprint density at radius 1 is 0.704 bits per heavy atom. The van der Waals surface area contributed by atoms with Crippen LogP contribution in [0.1, 0.15) is 0 Å². The normalized spacial score (nSPS) is 11.4. The van der Waals surface area contributed by atoms with Crippen LogP contribution >= 0.6 is 0 Å². The summed E-state index contributed by atoms with van der Waals surface area (Å²) in [4.78, 5) is -0.427. The maximum absolute atomic E-state index is 14.5. The molecular formula is C21H15FN2O2S. The van der Waals surface area contributed by atoms with E-state index in [1.165, 1.54) is 4.68 Å². The standard InChI is InChI=1S/C21H15FN2O2S/c22-27(25,26)21-19(16-10-4-1-5-11-16)23-24(18-14-8-3-9-15-18)20(21)17-12-6-2-7-13-17/h1-15H. The summed E-state index contributed by atoms with van der Waals surface area (Å²) < 4.78 is 40.2. The van der Waals surface area contributed by atoms with Gasteiger partial charge in [0.2, 0.25) is 0 Å². The highest BCUT2D eigenvalue weighted by Crippen LogP contribution is 2.38. The fourth-order valence-electron chi connectivity index (χ4n) is 3.02. The third kappa shape index (κ3) is 3.27. The lowest BCUT2D eigenvalue weighted by Gasteiger charge is -2.08. The number of benzene rings is 3. The van der Waals surface area contributed by atoms with E-state index in [0.29, 0.717) is 16.8 Å². The van der Waals surface area contributed by atoms with Gasteiger partial charge in [-0.05, 0) is 12.1 Å². The number of nitrogens with zero attached hydrogens (tertiary/aromatic N) is 2. The molecule has 6 heteroatoms. The van der Waals surface area contributed by atoms with Gasteiger partial charge in [0.05, 0.1) is 11.4 Å². The molecule has 4 rings (SSSR count). The van der Waals surface area contributed by atoms with Gasteiger partial charge in [-0.15, -0.1) is 3.89 Å². The van der Waals surface area contributed by atoms with Crippen molar-refractivity contribution in [1.29, 1.82) is 0 Å². The molecular weight excluding hydrogens is 363 g/mol. The molecule has 0 spiro atoms. The number of rotatable bonds is 4. The maximum Gasteiger partial charge on any atom is 0.336 e. The van der Waals surface area contributed by atoms with Gasteiger partial charge in [-0.1, -0.05) is 78.9 Å². The largest absolute Gasteiger partial charge is 0.336 e. The molecule has 1 aromatic heterocycles. The van der Waals surface area contributed by atoms with Gasteiger partial charge in [0, 0.05) is 11.1 Å². The molecule has 0 aliphatic rings. The molecule has 0 N–H and O–H groups in total. The molecule has 0 amide bonds. The fourth-order valence-corrected chi connectivity index (χ4v) is 3.85. The van der Waals surface area contributed by atoms with E-state index in [1.54, 1.807) is 66.7 Å². The minimum absolute atomic E-state index is 0.0841. The molecule has 4 aromatic rings. The smallest absolute Gasteiger partial charge is 0.231 e. The van der Waals surface area contributed by atoms with Crippen LogP contribution in [0.3, 0.4) is 0 Å². The number of aromatic nitrogens is 2. The Labute approximate surface area is 156 Å². The first kappa shape index (κ1) is 17.2. The van der Waals surface area contributed by atoms with Crippen LogP contribution in [-0.4, -0.2) is 18.2 Å². The lowest BCUT2D eigenvalue weighted by atomic mass is 10.1. The van der Waals surface area contributed by atoms with E-state index < -0.39 is 15.1 Å². The number of hydrogen-bond acceptors (Lipinski definition) is 3. The Morgan fingerprint density at radius 3 is 1.70 bits per heavy atom. The van der Waals surface area contributed by atoms with Gasteiger partial charge in [-0.2, -0.15) is 13.5 Å². The van der Waals surface area contributed by atoms with Crippen molar-refractivity contribution in [3.8, 4) is 28.2 Å². The van der Waals surface area contributed by atoms with Crippen LogP contribution in [0.25, 0.3) is 28.2 Å². The van der Waals surface area contributed by atoms with Crippen LogP contribution in [0.5, 0.6) is 0 Å². The second-order valence-electron chi connectivity index (χ2n) is 5.94. The quantitative estimate of drug-likeness (QED) is 0.476. The molecule has 27 heavy (non-hydrogen) atoms. The van der Waals surface area contributed by atoms with Crippen LogP contribution in [-0.2, 0) is 10.2 Å². The summed E-state index contributed by atoms with van der Waals surface area (Å²) in [5, 5.41) is 4.49. The van der Waals surface area contributed by atoms with Crippen molar-refractivity contribution in [2.24, 2.45) is 0 Å². The second kappa shape index (κ2) is 6.81. The van der Waals surface area contributed by atoms with E-state index in [1.807, 2.05) is 24.3 Å². The third-order valence-electron chi connectivity index (χ3n) is 4.18. The summed E-state index contributed by atoms with van der Waals surface area (Å²) in [6.45, 7) is 0. The number of halogens is 1. The zero-order valence-electron chi connectivity index (χ0n) is 14.2. The first-order valence-corrected chi connectivity index (χ1v) is 9.68. The van der Waals surface area contributed by atoms with Crippen LogP contribution in [0.2, 0.25) is 0 Å². The van der Waals surface area contributed by atoms with Gasteiger partial charge >= 0.3 is 10.2 Å². The van der Waals surface area contributed by atoms with Gasteiger partial charge in [-0.3, -0.25) is 0 Å². The summed E-state index contributed by atoms with van der Waals surface area (Å²) >= 11 is 0. The van der Waals surface area contributed by atoms with Gasteiger partial charge in [0.25, 0.3) is 0 Å². The van der Waals surface area contributed by atoms with Crippen molar-refractivity contribution in [3.05, 3.63) is 91.0 Å². The third-order valence-corrected chi connectivity index (χ3v) is 5.06. The van der Waals surface area contributed by atoms with Gasteiger partial charge in [-0.25, -0.2) is 4.68 Å². The highest BCUT2D eigenvalue weighted by atomic mass is 32.3. The summed E-state index contributed by atoms with van der Waals surface area (Å²) in [7, 11) is -5.03. The molecule has 0 radical (unpaired) electrons. The summed E-state index contributed by atoms with van der Waals surface area (Å²) in [5.41, 5.74) is 2.01. The Kier molecular flexibility index (Phi) is 4.33. The summed E-state index contributed by atoms with van der Waals surface area (Å²) in [6, 6.07) is 26.6. The van der Waals surface area contributed by atoms with Crippen LogP contribution in [0, 0.1) is 0 Å². The molecule has 0 saturated carbocycles. The minimum Gasteiger partial charge on any atom is -0.231 e. The molecule has 0 atom stereocenters. The molecule has 0 aliphatic heterocycles. The van der Waals surface area contributed by atoms with Crippen molar-refractivity contribution < 1.29 is 12.3 Å². The molecule has 0 aliphatic carbocycles. The van der Waals surface area contributed by atoms with Gasteiger partial charge in [0.1, 0.15) is 5.69 Å². The highest BCUT2D eigenvalue weighted by Gasteiger charge is 2.30. The minimum atomic E-state index is -5.03. The summed E-state index contributed by atoms with van der Waals surface area (Å²) in [6.07, 6.45) is 0. The monoisotopic (exact) mass is 378 g/mol. The van der Waals surface area contributed by atoms with E-state index in [4.69, 9.17) is 0 Å². The Bertz CT molecular complexity index is 1170. The van der Waals surface area contributed by atoms with E-state index in [-0.39, 0.29) is 11.4 Å². The topological polar surface area (TPSA) is 52.0 Å². The van der Waals surface area contributed by atoms with Crippen molar-refractivity contribution >= 4 is 10.2 Å². The Hall–Kier alpha value is -3.25. The molecule has 4 nitrogen and oxygen atoms in total. The van der Waals surface area contributed by atoms with E-state index in [9.17, 15) is 12.3 Å². The summed E-state index contributed by atoms with van der Waals surface area (Å²) in [5.74, 6) is 0. The van der Waals surface area contributed by atoms with Crippen molar-refractivity contribution in [1.82, 2.24) is 9.78 Å². The second-order valence-corrected chi connectivity index (χ2v) is 7.23. The predicted octanol–water partition coefficient (Wildman–Crippen LogP) is 4.86. The molecule has 0 saturated heterocycles. The number of hydrogen-bond donors (Lipinski definition) is 0. The first-order chi connectivity index (χ1) is 13.1. The maximum atomic E-state index is 14.5. The van der Waals surface area contributed by atoms with E-state index in [2.05, 4.69) is 5.10 Å². The molecule has 0 bridgehead atoms. The number of para-hydroxylation sites is 1. The van der Waals surface area contributed by atoms with Gasteiger partial charge < -0.3 is 0 Å². The average Bonchev–Trinajstić information content (AvgIpc) is 3.11. The predicted molar refractivity (Wildman–Crippen MR) is 103 cm³/mol. The first-order valence-electron chi connectivity index (χ1n) is 8.29. The van der Waals surface area contributed by atoms with Crippen molar-refractivity contribution in [3.63, 3.8) is 0 Å². The van der Waals surface area contributed by atoms with Crippen LogP contribution in [0.4, 0.5) is 3.89 Å². The Balaban J connectivity index is 2.13. The van der Waals surface area contributed by atoms with E-state index in [0.717, 1.165) is 0 Å². The van der Waals surface area contributed by atoms with Gasteiger partial charge in [0.15, 0.2) is 4.90 Å².